The van der Waals surface area contributed by atoms with Crippen molar-refractivity contribution in [3.05, 3.63) is 28.8 Å². The van der Waals surface area contributed by atoms with Gasteiger partial charge in [0.05, 0.1) is 0 Å². The van der Waals surface area contributed by atoms with Crippen molar-refractivity contribution in [1.82, 2.24) is 0 Å². The highest BCUT2D eigenvalue weighted by Crippen LogP contribution is 2.28. The van der Waals surface area contributed by atoms with E-state index in [9.17, 15) is 5.11 Å². The SMILES string of the molecule is Cl.NCCC[C@@H](N)c1cc(Cl)ccc1O. The van der Waals surface area contributed by atoms with Gasteiger partial charge in [-0.15, -0.1) is 12.4 Å². The molecule has 86 valence electrons. The van der Waals surface area contributed by atoms with Crippen molar-refractivity contribution in [2.75, 3.05) is 6.54 Å². The van der Waals surface area contributed by atoms with Crippen LogP contribution in [0.1, 0.15) is 24.4 Å². The number of phenolic OH excluding ortho intramolecular Hbond substituents is 1. The molecule has 0 aliphatic heterocycles. The maximum Gasteiger partial charge on any atom is 0.120 e. The van der Waals surface area contributed by atoms with Crippen molar-refractivity contribution < 1.29 is 5.11 Å². The summed E-state index contributed by atoms with van der Waals surface area (Å²) in [5.74, 6) is 0.193. The number of benzene rings is 1. The van der Waals surface area contributed by atoms with Crippen molar-refractivity contribution in [3.8, 4) is 5.75 Å². The summed E-state index contributed by atoms with van der Waals surface area (Å²) >= 11 is 5.80. The van der Waals surface area contributed by atoms with E-state index in [1.165, 1.54) is 0 Å². The third-order valence-electron chi connectivity index (χ3n) is 2.11. The van der Waals surface area contributed by atoms with Crippen LogP contribution >= 0.6 is 24.0 Å². The third-order valence-corrected chi connectivity index (χ3v) is 2.34. The molecule has 3 nitrogen and oxygen atoms in total. The van der Waals surface area contributed by atoms with Crippen molar-refractivity contribution in [3.63, 3.8) is 0 Å². The minimum atomic E-state index is -0.197. The summed E-state index contributed by atoms with van der Waals surface area (Å²) in [6, 6.07) is 4.69. The molecule has 0 bridgehead atoms. The van der Waals surface area contributed by atoms with Gasteiger partial charge in [-0.05, 0) is 37.6 Å². The average molecular weight is 251 g/mol. The number of rotatable bonds is 4. The summed E-state index contributed by atoms with van der Waals surface area (Å²) in [6.45, 7) is 0.606. The lowest BCUT2D eigenvalue weighted by molar-refractivity contribution is 0.457. The number of aromatic hydroxyl groups is 1. The Morgan fingerprint density at radius 2 is 2.07 bits per heavy atom. The molecule has 15 heavy (non-hydrogen) atoms. The van der Waals surface area contributed by atoms with Gasteiger partial charge in [0.1, 0.15) is 5.75 Å². The molecule has 0 unspecified atom stereocenters. The quantitative estimate of drug-likeness (QED) is 0.768. The summed E-state index contributed by atoms with van der Waals surface area (Å²) in [7, 11) is 0. The zero-order chi connectivity index (χ0) is 10.6. The number of hydrogen-bond donors (Lipinski definition) is 3. The van der Waals surface area contributed by atoms with Crippen molar-refractivity contribution in [2.24, 2.45) is 11.5 Å². The lowest BCUT2D eigenvalue weighted by atomic mass is 10.0. The van der Waals surface area contributed by atoms with Crippen LogP contribution in [0.15, 0.2) is 18.2 Å². The molecule has 0 aliphatic rings. The van der Waals surface area contributed by atoms with Gasteiger partial charge in [0, 0.05) is 16.6 Å². The molecule has 0 spiro atoms. The second-order valence-corrected chi connectivity index (χ2v) is 3.68. The Balaban J connectivity index is 0.00000196. The Kier molecular flexibility index (Phi) is 6.68. The van der Waals surface area contributed by atoms with E-state index in [2.05, 4.69) is 0 Å². The minimum absolute atomic E-state index is 0. The second kappa shape index (κ2) is 6.90. The number of nitrogens with two attached hydrogens (primary N) is 2. The third kappa shape index (κ3) is 4.26. The van der Waals surface area contributed by atoms with Crippen LogP contribution in [0.2, 0.25) is 5.02 Å². The fraction of sp³-hybridized carbons (Fsp3) is 0.400. The number of hydrogen-bond acceptors (Lipinski definition) is 3. The van der Waals surface area contributed by atoms with Gasteiger partial charge in [0.2, 0.25) is 0 Å². The van der Waals surface area contributed by atoms with Crippen molar-refractivity contribution in [1.29, 1.82) is 0 Å². The first-order valence-electron chi connectivity index (χ1n) is 4.59. The fourth-order valence-corrected chi connectivity index (χ4v) is 1.50. The standard InChI is InChI=1S/C10H15ClN2O.ClH/c11-7-3-4-10(14)8(6-7)9(13)2-1-5-12;/h3-4,6,9,14H,1-2,5,12-13H2;1H/t9-;/m1./s1. The van der Waals surface area contributed by atoms with E-state index in [0.717, 1.165) is 12.8 Å². The van der Waals surface area contributed by atoms with Crippen LogP contribution in [0.4, 0.5) is 0 Å². The predicted octanol–water partition coefficient (Wildman–Crippen LogP) is 2.21. The lowest BCUT2D eigenvalue weighted by Crippen LogP contribution is -2.12. The molecule has 0 aromatic heterocycles. The first-order valence-corrected chi connectivity index (χ1v) is 4.97. The molecule has 0 saturated carbocycles. The zero-order valence-corrected chi connectivity index (χ0v) is 9.89. The van der Waals surface area contributed by atoms with E-state index in [1.807, 2.05) is 0 Å². The van der Waals surface area contributed by atoms with Gasteiger partial charge in [-0.2, -0.15) is 0 Å². The van der Waals surface area contributed by atoms with Gasteiger partial charge < -0.3 is 16.6 Å². The number of halogens is 2. The van der Waals surface area contributed by atoms with Crippen LogP contribution in [0.5, 0.6) is 5.75 Å². The van der Waals surface area contributed by atoms with E-state index >= 15 is 0 Å². The molecule has 0 heterocycles. The van der Waals surface area contributed by atoms with Crippen LogP contribution in [0, 0.1) is 0 Å². The van der Waals surface area contributed by atoms with Gasteiger partial charge >= 0.3 is 0 Å². The summed E-state index contributed by atoms with van der Waals surface area (Å²) in [4.78, 5) is 0. The Hall–Kier alpha value is -0.480. The highest BCUT2D eigenvalue weighted by Gasteiger charge is 2.10. The Morgan fingerprint density at radius 3 is 2.67 bits per heavy atom. The molecule has 1 aromatic carbocycles. The smallest absolute Gasteiger partial charge is 0.120 e. The highest BCUT2D eigenvalue weighted by atomic mass is 35.5. The van der Waals surface area contributed by atoms with Crippen LogP contribution in [-0.4, -0.2) is 11.7 Å². The second-order valence-electron chi connectivity index (χ2n) is 3.24. The summed E-state index contributed by atoms with van der Waals surface area (Å²) in [6.07, 6.45) is 1.59. The van der Waals surface area contributed by atoms with E-state index in [-0.39, 0.29) is 24.2 Å². The van der Waals surface area contributed by atoms with Crippen LogP contribution in [0.3, 0.4) is 0 Å². The molecule has 0 fully saturated rings. The molecular weight excluding hydrogens is 235 g/mol. The summed E-state index contributed by atoms with van der Waals surface area (Å²) in [5, 5.41) is 10.1. The normalized spacial score (nSPS) is 11.9. The van der Waals surface area contributed by atoms with Gasteiger partial charge in [-0.1, -0.05) is 11.6 Å². The summed E-state index contributed by atoms with van der Waals surface area (Å²) < 4.78 is 0. The molecule has 0 amide bonds. The Labute approximate surface area is 101 Å². The fourth-order valence-electron chi connectivity index (χ4n) is 1.32. The van der Waals surface area contributed by atoms with E-state index in [4.69, 9.17) is 23.1 Å². The average Bonchev–Trinajstić information content (AvgIpc) is 2.18. The zero-order valence-electron chi connectivity index (χ0n) is 8.32. The van der Waals surface area contributed by atoms with Gasteiger partial charge in [-0.3, -0.25) is 0 Å². The molecule has 5 N–H and O–H groups in total. The molecular formula is C10H16Cl2N2O. The molecule has 1 atom stereocenters. The molecule has 5 heteroatoms. The topological polar surface area (TPSA) is 72.3 Å². The van der Waals surface area contributed by atoms with Gasteiger partial charge in [-0.25, -0.2) is 0 Å². The molecule has 0 radical (unpaired) electrons. The van der Waals surface area contributed by atoms with E-state index in [1.54, 1.807) is 18.2 Å². The number of phenols is 1. The largest absolute Gasteiger partial charge is 0.508 e. The van der Waals surface area contributed by atoms with E-state index in [0.29, 0.717) is 17.1 Å². The molecule has 0 aliphatic carbocycles. The van der Waals surface area contributed by atoms with Crippen molar-refractivity contribution in [2.45, 2.75) is 18.9 Å². The Morgan fingerprint density at radius 1 is 1.40 bits per heavy atom. The highest BCUT2D eigenvalue weighted by molar-refractivity contribution is 6.30. The van der Waals surface area contributed by atoms with Crippen LogP contribution < -0.4 is 11.5 Å². The van der Waals surface area contributed by atoms with Gasteiger partial charge in [0.25, 0.3) is 0 Å². The first kappa shape index (κ1) is 14.5. The lowest BCUT2D eigenvalue weighted by Gasteiger charge is -2.13. The molecule has 1 rings (SSSR count). The monoisotopic (exact) mass is 250 g/mol. The van der Waals surface area contributed by atoms with Crippen LogP contribution in [-0.2, 0) is 0 Å². The molecule has 1 aromatic rings. The van der Waals surface area contributed by atoms with E-state index < -0.39 is 0 Å². The van der Waals surface area contributed by atoms with Gasteiger partial charge in [0.15, 0.2) is 0 Å². The summed E-state index contributed by atoms with van der Waals surface area (Å²) in [5.41, 5.74) is 11.9. The van der Waals surface area contributed by atoms with Crippen molar-refractivity contribution >= 4 is 24.0 Å². The minimum Gasteiger partial charge on any atom is -0.508 e. The predicted molar refractivity (Wildman–Crippen MR) is 65.6 cm³/mol. The van der Waals surface area contributed by atoms with Crippen LogP contribution in [0.25, 0.3) is 0 Å². The maximum absolute atomic E-state index is 9.53. The maximum atomic E-state index is 9.53. The molecule has 0 saturated heterocycles. The Bertz CT molecular complexity index is 307. The first-order chi connectivity index (χ1) is 6.65.